The van der Waals surface area contributed by atoms with Crippen LogP contribution in [0.1, 0.15) is 0 Å². The number of benzene rings is 2. The minimum absolute atomic E-state index is 0.607. The minimum atomic E-state index is 0.607. The third-order valence-electron chi connectivity index (χ3n) is 2.99. The number of thiazole rings is 1. The van der Waals surface area contributed by atoms with Crippen LogP contribution in [0.4, 0.5) is 0 Å². The second-order valence-electron chi connectivity index (χ2n) is 4.20. The van der Waals surface area contributed by atoms with E-state index in [1.165, 1.54) is 0 Å². The van der Waals surface area contributed by atoms with Crippen LogP contribution in [0.2, 0.25) is 5.02 Å². The Labute approximate surface area is 125 Å². The van der Waals surface area contributed by atoms with Gasteiger partial charge in [-0.25, -0.2) is 4.98 Å². The van der Waals surface area contributed by atoms with Gasteiger partial charge in [0.15, 0.2) is 0 Å². The monoisotopic (exact) mass is 305 g/mol. The van der Waals surface area contributed by atoms with Gasteiger partial charge in [0, 0.05) is 11.6 Å². The van der Waals surface area contributed by atoms with E-state index in [9.17, 15) is 0 Å². The van der Waals surface area contributed by atoms with E-state index < -0.39 is 0 Å². The molecule has 0 amide bonds. The first-order chi connectivity index (χ1) is 9.71. The molecule has 3 rings (SSSR count). The highest BCUT2D eigenvalue weighted by molar-refractivity contribution is 7.21. The Morgan fingerprint density at radius 1 is 1.00 bits per heavy atom. The summed E-state index contributed by atoms with van der Waals surface area (Å²) in [6.45, 7) is 0. The van der Waals surface area contributed by atoms with E-state index >= 15 is 0 Å². The molecule has 5 heteroatoms. The third-order valence-corrected chi connectivity index (χ3v) is 4.33. The average molecular weight is 306 g/mol. The van der Waals surface area contributed by atoms with Crippen LogP contribution in [-0.4, -0.2) is 19.2 Å². The van der Waals surface area contributed by atoms with Crippen LogP contribution in [0.15, 0.2) is 36.4 Å². The fourth-order valence-electron chi connectivity index (χ4n) is 1.94. The van der Waals surface area contributed by atoms with E-state index in [1.54, 1.807) is 31.6 Å². The average Bonchev–Trinajstić information content (AvgIpc) is 2.92. The van der Waals surface area contributed by atoms with E-state index in [-0.39, 0.29) is 0 Å². The molecule has 0 aliphatic carbocycles. The Kier molecular flexibility index (Phi) is 3.51. The number of ether oxygens (including phenoxy) is 2. The Morgan fingerprint density at radius 2 is 1.70 bits per heavy atom. The van der Waals surface area contributed by atoms with Gasteiger partial charge in [0.1, 0.15) is 22.0 Å². The predicted octanol–water partition coefficient (Wildman–Crippen LogP) is 4.63. The lowest BCUT2D eigenvalue weighted by molar-refractivity contribution is 0.415. The van der Waals surface area contributed by atoms with Crippen molar-refractivity contribution >= 4 is 33.2 Å². The van der Waals surface area contributed by atoms with Crippen molar-refractivity contribution in [2.45, 2.75) is 0 Å². The Bertz CT molecular complexity index is 752. The van der Waals surface area contributed by atoms with Gasteiger partial charge in [-0.1, -0.05) is 11.6 Å². The molecule has 0 spiro atoms. The summed E-state index contributed by atoms with van der Waals surface area (Å²) in [4.78, 5) is 4.60. The van der Waals surface area contributed by atoms with Crippen LogP contribution in [-0.2, 0) is 0 Å². The molecule has 0 aliphatic rings. The summed E-state index contributed by atoms with van der Waals surface area (Å²) >= 11 is 7.82. The number of hydrogen-bond acceptors (Lipinski definition) is 4. The van der Waals surface area contributed by atoms with Gasteiger partial charge in [-0.3, -0.25) is 0 Å². The van der Waals surface area contributed by atoms with Gasteiger partial charge in [0.2, 0.25) is 0 Å². The van der Waals surface area contributed by atoms with Gasteiger partial charge in [-0.15, -0.1) is 11.3 Å². The van der Waals surface area contributed by atoms with Crippen LogP contribution in [0, 0.1) is 0 Å². The SMILES string of the molecule is COc1ccc(-c2nc3c(Cl)cc(OC)cc3s2)cc1. The molecule has 0 bridgehead atoms. The first-order valence-corrected chi connectivity index (χ1v) is 7.19. The molecular formula is C15H12ClNO2S. The van der Waals surface area contributed by atoms with E-state index in [4.69, 9.17) is 21.1 Å². The molecule has 20 heavy (non-hydrogen) atoms. The first kappa shape index (κ1) is 13.2. The normalized spacial score (nSPS) is 10.8. The summed E-state index contributed by atoms with van der Waals surface area (Å²) in [6.07, 6.45) is 0. The number of aromatic nitrogens is 1. The minimum Gasteiger partial charge on any atom is -0.497 e. The summed E-state index contributed by atoms with van der Waals surface area (Å²) in [7, 11) is 3.28. The zero-order valence-electron chi connectivity index (χ0n) is 11.0. The Morgan fingerprint density at radius 3 is 2.35 bits per heavy atom. The molecular weight excluding hydrogens is 294 g/mol. The van der Waals surface area contributed by atoms with Crippen molar-refractivity contribution in [1.82, 2.24) is 4.98 Å². The van der Waals surface area contributed by atoms with Crippen molar-refractivity contribution in [2.75, 3.05) is 14.2 Å². The summed E-state index contributed by atoms with van der Waals surface area (Å²) in [5.41, 5.74) is 1.85. The van der Waals surface area contributed by atoms with E-state index in [1.807, 2.05) is 30.3 Å². The lowest BCUT2D eigenvalue weighted by Gasteiger charge is -1.99. The molecule has 0 fully saturated rings. The van der Waals surface area contributed by atoms with Crippen LogP contribution in [0.3, 0.4) is 0 Å². The predicted molar refractivity (Wildman–Crippen MR) is 83.2 cm³/mol. The molecule has 1 aromatic heterocycles. The lowest BCUT2D eigenvalue weighted by atomic mass is 10.2. The highest BCUT2D eigenvalue weighted by atomic mass is 35.5. The zero-order chi connectivity index (χ0) is 14.1. The van der Waals surface area contributed by atoms with Crippen molar-refractivity contribution in [2.24, 2.45) is 0 Å². The fourth-order valence-corrected chi connectivity index (χ4v) is 3.27. The largest absolute Gasteiger partial charge is 0.497 e. The molecule has 0 atom stereocenters. The second-order valence-corrected chi connectivity index (χ2v) is 5.64. The van der Waals surface area contributed by atoms with Crippen LogP contribution in [0.5, 0.6) is 11.5 Å². The van der Waals surface area contributed by atoms with Gasteiger partial charge in [-0.2, -0.15) is 0 Å². The summed E-state index contributed by atoms with van der Waals surface area (Å²) in [5, 5.41) is 1.54. The van der Waals surface area contributed by atoms with E-state index in [0.29, 0.717) is 5.02 Å². The van der Waals surface area contributed by atoms with Crippen LogP contribution in [0.25, 0.3) is 20.8 Å². The van der Waals surface area contributed by atoms with Crippen LogP contribution >= 0.6 is 22.9 Å². The van der Waals surface area contributed by atoms with Crippen molar-refractivity contribution in [1.29, 1.82) is 0 Å². The molecule has 0 unspecified atom stereocenters. The molecule has 0 N–H and O–H groups in total. The first-order valence-electron chi connectivity index (χ1n) is 6.00. The maximum Gasteiger partial charge on any atom is 0.124 e. The molecule has 3 nitrogen and oxygen atoms in total. The van der Waals surface area contributed by atoms with Gasteiger partial charge >= 0.3 is 0 Å². The second kappa shape index (κ2) is 5.31. The highest BCUT2D eigenvalue weighted by Crippen LogP contribution is 2.36. The van der Waals surface area contributed by atoms with Crippen molar-refractivity contribution < 1.29 is 9.47 Å². The topological polar surface area (TPSA) is 31.4 Å². The van der Waals surface area contributed by atoms with E-state index in [2.05, 4.69) is 4.98 Å². The highest BCUT2D eigenvalue weighted by Gasteiger charge is 2.11. The number of fused-ring (bicyclic) bond motifs is 1. The number of hydrogen-bond donors (Lipinski definition) is 0. The molecule has 1 heterocycles. The smallest absolute Gasteiger partial charge is 0.124 e. The summed E-state index contributed by atoms with van der Waals surface area (Å²) in [6, 6.07) is 11.5. The summed E-state index contributed by atoms with van der Waals surface area (Å²) < 4.78 is 11.4. The van der Waals surface area contributed by atoms with Crippen molar-refractivity contribution in [3.05, 3.63) is 41.4 Å². The van der Waals surface area contributed by atoms with Gasteiger partial charge in [0.05, 0.1) is 23.9 Å². The van der Waals surface area contributed by atoms with Gasteiger partial charge in [0.25, 0.3) is 0 Å². The fraction of sp³-hybridized carbons (Fsp3) is 0.133. The zero-order valence-corrected chi connectivity index (χ0v) is 12.6. The Balaban J connectivity index is 2.09. The van der Waals surface area contributed by atoms with Crippen molar-refractivity contribution in [3.63, 3.8) is 0 Å². The molecule has 0 saturated heterocycles. The lowest BCUT2D eigenvalue weighted by Crippen LogP contribution is -1.83. The molecule has 102 valence electrons. The third kappa shape index (κ3) is 2.32. The maximum atomic E-state index is 6.23. The number of rotatable bonds is 3. The van der Waals surface area contributed by atoms with Gasteiger partial charge < -0.3 is 9.47 Å². The molecule has 2 aromatic carbocycles. The molecule has 0 radical (unpaired) electrons. The quantitative estimate of drug-likeness (QED) is 0.706. The standard InChI is InChI=1S/C15H12ClNO2S/c1-18-10-5-3-9(4-6-10)15-17-14-12(16)7-11(19-2)8-13(14)20-15/h3-8H,1-2H3. The number of halogens is 1. The summed E-state index contributed by atoms with van der Waals surface area (Å²) in [5.74, 6) is 1.57. The number of methoxy groups -OCH3 is 2. The van der Waals surface area contributed by atoms with E-state index in [0.717, 1.165) is 32.3 Å². The Hall–Kier alpha value is -1.78. The number of nitrogens with zero attached hydrogens (tertiary/aromatic N) is 1. The van der Waals surface area contributed by atoms with Crippen molar-refractivity contribution in [3.8, 4) is 22.1 Å². The molecule has 0 saturated carbocycles. The van der Waals surface area contributed by atoms with Crippen LogP contribution < -0.4 is 9.47 Å². The maximum absolute atomic E-state index is 6.23. The van der Waals surface area contributed by atoms with Gasteiger partial charge in [-0.05, 0) is 30.3 Å². The molecule has 0 aliphatic heterocycles. The molecule has 3 aromatic rings.